The van der Waals surface area contributed by atoms with E-state index < -0.39 is 11.7 Å². The average Bonchev–Trinajstić information content (AvgIpc) is 2.97. The summed E-state index contributed by atoms with van der Waals surface area (Å²) in [6.45, 7) is 0.133. The van der Waals surface area contributed by atoms with Crippen LogP contribution in [0.2, 0.25) is 0 Å². The number of anilines is 2. The van der Waals surface area contributed by atoms with E-state index in [4.69, 9.17) is 4.74 Å². The predicted octanol–water partition coefficient (Wildman–Crippen LogP) is 2.22. The first kappa shape index (κ1) is 15.9. The number of para-hydroxylation sites is 1. The summed E-state index contributed by atoms with van der Waals surface area (Å²) >= 11 is 0. The van der Waals surface area contributed by atoms with Gasteiger partial charge in [-0.3, -0.25) is 9.59 Å². The van der Waals surface area contributed by atoms with E-state index in [1.165, 1.54) is 24.1 Å². The molecule has 0 radical (unpaired) electrons. The number of pyridine rings is 1. The average molecular weight is 329 g/mol. The van der Waals surface area contributed by atoms with Gasteiger partial charge in [0.1, 0.15) is 11.5 Å². The van der Waals surface area contributed by atoms with Crippen molar-refractivity contribution < 1.29 is 18.7 Å². The number of methoxy groups -OCH3 is 1. The number of rotatable bonds is 4. The van der Waals surface area contributed by atoms with Gasteiger partial charge in [0.25, 0.3) is 0 Å². The molecule has 7 heteroatoms. The molecule has 1 aromatic carbocycles. The van der Waals surface area contributed by atoms with Crippen LogP contribution in [0, 0.1) is 11.7 Å². The maximum atomic E-state index is 13.9. The zero-order chi connectivity index (χ0) is 17.1. The van der Waals surface area contributed by atoms with Crippen LogP contribution in [0.25, 0.3) is 0 Å². The van der Waals surface area contributed by atoms with Crippen molar-refractivity contribution in [2.75, 3.05) is 23.9 Å². The number of carbonyl (C=O) groups is 2. The number of hydrogen-bond acceptors (Lipinski definition) is 4. The van der Waals surface area contributed by atoms with Gasteiger partial charge in [0, 0.05) is 19.2 Å². The van der Waals surface area contributed by atoms with E-state index in [9.17, 15) is 14.0 Å². The number of amides is 2. The Morgan fingerprint density at radius 2 is 2.12 bits per heavy atom. The highest BCUT2D eigenvalue weighted by Crippen LogP contribution is 2.29. The first-order valence-corrected chi connectivity index (χ1v) is 7.45. The van der Waals surface area contributed by atoms with Crippen molar-refractivity contribution in [3.8, 4) is 5.88 Å². The smallest absolute Gasteiger partial charge is 0.237 e. The molecule has 2 heterocycles. The van der Waals surface area contributed by atoms with Gasteiger partial charge in [-0.25, -0.2) is 9.37 Å². The lowest BCUT2D eigenvalue weighted by molar-refractivity contribution is -0.122. The highest BCUT2D eigenvalue weighted by Gasteiger charge is 2.36. The maximum absolute atomic E-state index is 13.9. The fraction of sp³-hybridized carbons (Fsp3) is 0.235. The predicted molar refractivity (Wildman–Crippen MR) is 86.3 cm³/mol. The summed E-state index contributed by atoms with van der Waals surface area (Å²) in [4.78, 5) is 29.9. The van der Waals surface area contributed by atoms with Crippen LogP contribution >= 0.6 is 0 Å². The summed E-state index contributed by atoms with van der Waals surface area (Å²) in [7, 11) is 1.46. The topological polar surface area (TPSA) is 71.5 Å². The van der Waals surface area contributed by atoms with E-state index in [1.807, 2.05) is 0 Å². The molecule has 0 saturated carbocycles. The summed E-state index contributed by atoms with van der Waals surface area (Å²) in [6, 6.07) is 9.35. The van der Waals surface area contributed by atoms with Crippen molar-refractivity contribution in [3.63, 3.8) is 0 Å². The fourth-order valence-corrected chi connectivity index (χ4v) is 2.67. The monoisotopic (exact) mass is 329 g/mol. The number of halogens is 1. The number of ether oxygens (including phenoxy) is 1. The van der Waals surface area contributed by atoms with E-state index in [1.54, 1.807) is 30.5 Å². The van der Waals surface area contributed by atoms with Crippen LogP contribution in [0.1, 0.15) is 6.42 Å². The first-order chi connectivity index (χ1) is 11.6. The summed E-state index contributed by atoms with van der Waals surface area (Å²) in [5, 5.41) is 2.71. The van der Waals surface area contributed by atoms with Crippen LogP contribution < -0.4 is 15.0 Å². The highest BCUT2D eigenvalue weighted by molar-refractivity contribution is 6.03. The summed E-state index contributed by atoms with van der Waals surface area (Å²) in [5.74, 6) is -1.36. The molecule has 3 rings (SSSR count). The normalized spacial score (nSPS) is 17.0. The fourth-order valence-electron chi connectivity index (χ4n) is 2.67. The third-order valence-corrected chi connectivity index (χ3v) is 3.86. The lowest BCUT2D eigenvalue weighted by atomic mass is 10.1. The number of hydrogen-bond donors (Lipinski definition) is 1. The van der Waals surface area contributed by atoms with Gasteiger partial charge in [-0.2, -0.15) is 0 Å². The van der Waals surface area contributed by atoms with Crippen molar-refractivity contribution in [1.29, 1.82) is 0 Å². The second kappa shape index (κ2) is 6.66. The second-order valence-electron chi connectivity index (χ2n) is 5.41. The number of carbonyl (C=O) groups excluding carboxylic acids is 2. The van der Waals surface area contributed by atoms with E-state index >= 15 is 0 Å². The summed E-state index contributed by atoms with van der Waals surface area (Å²) in [6.07, 6.45) is 1.58. The minimum atomic E-state index is -0.568. The van der Waals surface area contributed by atoms with Crippen LogP contribution in [-0.4, -0.2) is 30.5 Å². The van der Waals surface area contributed by atoms with Crippen LogP contribution in [0.3, 0.4) is 0 Å². The van der Waals surface area contributed by atoms with Gasteiger partial charge in [0.2, 0.25) is 17.7 Å². The molecule has 1 saturated heterocycles. The Morgan fingerprint density at radius 1 is 1.33 bits per heavy atom. The molecule has 1 fully saturated rings. The Labute approximate surface area is 138 Å². The van der Waals surface area contributed by atoms with Gasteiger partial charge in [0.15, 0.2) is 0 Å². The number of benzene rings is 1. The van der Waals surface area contributed by atoms with Crippen molar-refractivity contribution in [1.82, 2.24) is 4.98 Å². The summed E-state index contributed by atoms with van der Waals surface area (Å²) < 4.78 is 19.0. The molecule has 1 aliphatic heterocycles. The number of aromatic nitrogens is 1. The van der Waals surface area contributed by atoms with Crippen molar-refractivity contribution >= 4 is 23.2 Å². The van der Waals surface area contributed by atoms with Gasteiger partial charge in [0.05, 0.1) is 18.7 Å². The Hall–Kier alpha value is -2.96. The maximum Gasteiger partial charge on any atom is 0.237 e. The Morgan fingerprint density at radius 3 is 2.88 bits per heavy atom. The minimum Gasteiger partial charge on any atom is -0.480 e. The van der Waals surface area contributed by atoms with E-state index in [2.05, 4.69) is 10.3 Å². The van der Waals surface area contributed by atoms with Crippen molar-refractivity contribution in [2.45, 2.75) is 6.42 Å². The van der Waals surface area contributed by atoms with E-state index in [0.717, 1.165) is 0 Å². The highest BCUT2D eigenvalue weighted by atomic mass is 19.1. The Kier molecular flexibility index (Phi) is 4.41. The molecule has 124 valence electrons. The minimum absolute atomic E-state index is 0.0305. The van der Waals surface area contributed by atoms with Gasteiger partial charge < -0.3 is 15.0 Å². The molecular formula is C17H16FN3O3. The molecule has 2 amide bonds. The molecular weight excluding hydrogens is 313 g/mol. The summed E-state index contributed by atoms with van der Waals surface area (Å²) in [5.41, 5.74) is 0.624. The molecule has 6 nitrogen and oxygen atoms in total. The van der Waals surface area contributed by atoms with Crippen molar-refractivity contribution in [2.24, 2.45) is 5.92 Å². The quantitative estimate of drug-likeness (QED) is 0.934. The number of nitrogens with one attached hydrogen (secondary N) is 1. The van der Waals surface area contributed by atoms with Crippen LogP contribution in [0.4, 0.5) is 15.8 Å². The standard InChI is InChI=1S/C17H16FN3O3/c1-24-17-13(6-4-8-19-17)20-16(23)11-9-15(22)21(10-11)14-7-3-2-5-12(14)18/h2-8,11H,9-10H2,1H3,(H,20,23)/t11-/m0/s1. The van der Waals surface area contributed by atoms with Crippen molar-refractivity contribution in [3.05, 3.63) is 48.4 Å². The molecule has 24 heavy (non-hydrogen) atoms. The zero-order valence-electron chi connectivity index (χ0n) is 13.0. The van der Waals surface area contributed by atoms with E-state index in [-0.39, 0.29) is 30.5 Å². The molecule has 2 aromatic rings. The van der Waals surface area contributed by atoms with Gasteiger partial charge >= 0.3 is 0 Å². The largest absolute Gasteiger partial charge is 0.480 e. The van der Waals surface area contributed by atoms with Gasteiger partial charge in [-0.1, -0.05) is 12.1 Å². The lowest BCUT2D eigenvalue weighted by Crippen LogP contribution is -2.28. The SMILES string of the molecule is COc1ncccc1NC(=O)[C@H]1CC(=O)N(c2ccccc2F)C1. The second-order valence-corrected chi connectivity index (χ2v) is 5.41. The molecule has 0 spiro atoms. The van der Waals surface area contributed by atoms with Gasteiger partial charge in [-0.15, -0.1) is 0 Å². The van der Waals surface area contributed by atoms with E-state index in [0.29, 0.717) is 11.6 Å². The Balaban J connectivity index is 1.74. The molecule has 0 aliphatic carbocycles. The molecule has 1 aromatic heterocycles. The molecule has 1 N–H and O–H groups in total. The molecule has 1 aliphatic rings. The van der Waals surface area contributed by atoms with Crippen LogP contribution in [0.5, 0.6) is 5.88 Å². The molecule has 0 unspecified atom stereocenters. The lowest BCUT2D eigenvalue weighted by Gasteiger charge is -2.17. The third-order valence-electron chi connectivity index (χ3n) is 3.86. The third kappa shape index (κ3) is 3.05. The molecule has 1 atom stereocenters. The number of nitrogens with zero attached hydrogens (tertiary/aromatic N) is 2. The van der Waals surface area contributed by atoms with Crippen LogP contribution in [-0.2, 0) is 9.59 Å². The Bertz CT molecular complexity index is 781. The first-order valence-electron chi connectivity index (χ1n) is 7.45. The van der Waals surface area contributed by atoms with Crippen LogP contribution in [0.15, 0.2) is 42.6 Å². The molecule has 0 bridgehead atoms. The zero-order valence-corrected chi connectivity index (χ0v) is 13.0. The van der Waals surface area contributed by atoms with Gasteiger partial charge in [-0.05, 0) is 24.3 Å².